The van der Waals surface area contributed by atoms with Crippen LogP contribution in [0.5, 0.6) is 0 Å². The summed E-state index contributed by atoms with van der Waals surface area (Å²) in [5.41, 5.74) is 1.17. The predicted molar refractivity (Wildman–Crippen MR) is 50.7 cm³/mol. The lowest BCUT2D eigenvalue weighted by Crippen LogP contribution is -1.84. The first-order chi connectivity index (χ1) is 6.31. The topological polar surface area (TPSA) is 36.1 Å². The van der Waals surface area contributed by atoms with Gasteiger partial charge in [0, 0.05) is 5.56 Å². The molecule has 0 N–H and O–H groups in total. The van der Waals surface area contributed by atoms with Gasteiger partial charge < -0.3 is 0 Å². The first-order valence-corrected chi connectivity index (χ1v) is 3.89. The molecule has 1 rings (SSSR count). The molecule has 0 bridgehead atoms. The summed E-state index contributed by atoms with van der Waals surface area (Å²) in [5, 5.41) is 10.8. The summed E-state index contributed by atoms with van der Waals surface area (Å²) in [7, 11) is 0. The van der Waals surface area contributed by atoms with E-state index in [2.05, 4.69) is 22.4 Å². The second kappa shape index (κ2) is 4.46. The molecule has 0 fully saturated rings. The average Bonchev–Trinajstić information content (AvgIpc) is 2.18. The Balaban J connectivity index is 3.22. The van der Waals surface area contributed by atoms with Crippen molar-refractivity contribution < 1.29 is 4.39 Å². The summed E-state index contributed by atoms with van der Waals surface area (Å²) < 4.78 is 12.4. The third-order valence-electron chi connectivity index (χ3n) is 1.53. The zero-order valence-corrected chi connectivity index (χ0v) is 7.44. The molecule has 0 saturated heterocycles. The Labute approximate surface area is 80.3 Å². The largest absolute Gasteiger partial charge is 0.246 e. The molecule has 0 aliphatic heterocycles. The van der Waals surface area contributed by atoms with Gasteiger partial charge in [0.2, 0.25) is 0 Å². The van der Waals surface area contributed by atoms with Crippen LogP contribution in [0, 0.1) is 11.3 Å². The number of hydrogen-bond donors (Lipinski definition) is 0. The lowest BCUT2D eigenvalue weighted by molar-refractivity contribution is 0.484. The van der Waals surface area contributed by atoms with E-state index in [9.17, 15) is 4.39 Å². The SMILES string of the molecule is N#Cc1ccc(N=C=S)cc1CF. The molecule has 0 saturated carbocycles. The number of thiocarbonyl (C=S) groups is 1. The van der Waals surface area contributed by atoms with E-state index >= 15 is 0 Å². The Hall–Kier alpha value is -1.56. The van der Waals surface area contributed by atoms with Gasteiger partial charge in [0.1, 0.15) is 6.67 Å². The zero-order valence-electron chi connectivity index (χ0n) is 6.62. The van der Waals surface area contributed by atoms with E-state index < -0.39 is 6.67 Å². The molecule has 1 aromatic carbocycles. The fourth-order valence-electron chi connectivity index (χ4n) is 0.922. The van der Waals surface area contributed by atoms with Crippen molar-refractivity contribution in [3.8, 4) is 6.07 Å². The second-order valence-corrected chi connectivity index (χ2v) is 2.47. The number of isothiocyanates is 1. The molecule has 0 unspecified atom stereocenters. The minimum atomic E-state index is -0.677. The summed E-state index contributed by atoms with van der Waals surface area (Å²) in [6.45, 7) is -0.677. The Morgan fingerprint density at radius 1 is 1.54 bits per heavy atom. The number of nitriles is 1. The molecule has 2 nitrogen and oxygen atoms in total. The van der Waals surface area contributed by atoms with Crippen molar-refractivity contribution >= 4 is 23.1 Å². The lowest BCUT2D eigenvalue weighted by Gasteiger charge is -1.98. The van der Waals surface area contributed by atoms with E-state index in [4.69, 9.17) is 5.26 Å². The number of alkyl halides is 1. The summed E-state index contributed by atoms with van der Waals surface area (Å²) in [6.07, 6.45) is 0. The molecule has 0 spiro atoms. The van der Waals surface area contributed by atoms with E-state index in [0.29, 0.717) is 16.8 Å². The van der Waals surface area contributed by atoms with Crippen molar-refractivity contribution in [1.29, 1.82) is 5.26 Å². The van der Waals surface area contributed by atoms with Gasteiger partial charge in [-0.1, -0.05) is 0 Å². The standard InChI is InChI=1S/C9H5FN2S/c10-4-8-3-9(12-6-13)2-1-7(8)5-11/h1-3H,4H2. The predicted octanol–water partition coefficient (Wildman–Crippen LogP) is 2.76. The fraction of sp³-hybridized carbons (Fsp3) is 0.111. The first kappa shape index (κ1) is 9.53. The Kier molecular flexibility index (Phi) is 3.27. The number of halogens is 1. The highest BCUT2D eigenvalue weighted by Crippen LogP contribution is 2.18. The second-order valence-electron chi connectivity index (χ2n) is 2.29. The van der Waals surface area contributed by atoms with Crippen molar-refractivity contribution in [3.05, 3.63) is 29.3 Å². The van der Waals surface area contributed by atoms with Crippen molar-refractivity contribution in [3.63, 3.8) is 0 Å². The smallest absolute Gasteiger partial charge is 0.116 e. The molecule has 0 aromatic heterocycles. The van der Waals surface area contributed by atoms with Crippen LogP contribution in [0.3, 0.4) is 0 Å². The van der Waals surface area contributed by atoms with Crippen molar-refractivity contribution in [2.24, 2.45) is 4.99 Å². The van der Waals surface area contributed by atoms with Gasteiger partial charge in [-0.05, 0) is 30.4 Å². The third-order valence-corrected chi connectivity index (χ3v) is 1.62. The summed E-state index contributed by atoms with van der Waals surface area (Å²) in [6, 6.07) is 6.48. The van der Waals surface area contributed by atoms with E-state index in [-0.39, 0.29) is 0 Å². The molecule has 0 atom stereocenters. The number of benzene rings is 1. The van der Waals surface area contributed by atoms with E-state index in [1.807, 2.05) is 6.07 Å². The van der Waals surface area contributed by atoms with Crippen LogP contribution in [-0.2, 0) is 6.67 Å². The molecule has 0 aliphatic rings. The molecule has 64 valence electrons. The molecule has 1 aromatic rings. The Morgan fingerprint density at radius 3 is 2.85 bits per heavy atom. The molecule has 0 aliphatic carbocycles. The van der Waals surface area contributed by atoms with Crippen molar-refractivity contribution in [2.75, 3.05) is 0 Å². The van der Waals surface area contributed by atoms with Crippen LogP contribution in [0.4, 0.5) is 10.1 Å². The highest BCUT2D eigenvalue weighted by atomic mass is 32.1. The van der Waals surface area contributed by atoms with Gasteiger partial charge in [-0.15, -0.1) is 0 Å². The summed E-state index contributed by atoms with van der Waals surface area (Å²) >= 11 is 4.40. The maximum atomic E-state index is 12.4. The summed E-state index contributed by atoms with van der Waals surface area (Å²) in [5.74, 6) is 0. The van der Waals surface area contributed by atoms with E-state index in [1.165, 1.54) is 12.1 Å². The van der Waals surface area contributed by atoms with Gasteiger partial charge >= 0.3 is 0 Å². The van der Waals surface area contributed by atoms with Crippen LogP contribution in [0.15, 0.2) is 23.2 Å². The van der Waals surface area contributed by atoms with E-state index in [0.717, 1.165) is 0 Å². The minimum Gasteiger partial charge on any atom is -0.246 e. The van der Waals surface area contributed by atoms with Crippen LogP contribution < -0.4 is 0 Å². The van der Waals surface area contributed by atoms with Gasteiger partial charge in [-0.25, -0.2) is 4.39 Å². The molecule has 4 heteroatoms. The molecule has 13 heavy (non-hydrogen) atoms. The maximum Gasteiger partial charge on any atom is 0.116 e. The quantitative estimate of drug-likeness (QED) is 0.533. The molecule has 0 amide bonds. The molecular formula is C9H5FN2S. The monoisotopic (exact) mass is 192 g/mol. The van der Waals surface area contributed by atoms with Gasteiger partial charge in [-0.2, -0.15) is 10.3 Å². The minimum absolute atomic E-state index is 0.325. The number of rotatable bonds is 2. The third kappa shape index (κ3) is 2.19. The van der Waals surface area contributed by atoms with Crippen LogP contribution in [0.25, 0.3) is 0 Å². The van der Waals surface area contributed by atoms with Crippen molar-refractivity contribution in [1.82, 2.24) is 0 Å². The Bertz CT molecular complexity index is 403. The summed E-state index contributed by atoms with van der Waals surface area (Å²) in [4.78, 5) is 3.68. The van der Waals surface area contributed by atoms with Crippen molar-refractivity contribution in [2.45, 2.75) is 6.67 Å². The van der Waals surface area contributed by atoms with Crippen LogP contribution in [0.1, 0.15) is 11.1 Å². The normalized spacial score (nSPS) is 8.62. The fourth-order valence-corrected chi connectivity index (χ4v) is 1.03. The number of nitrogens with zero attached hydrogens (tertiary/aromatic N) is 2. The highest BCUT2D eigenvalue weighted by Gasteiger charge is 2.01. The average molecular weight is 192 g/mol. The highest BCUT2D eigenvalue weighted by molar-refractivity contribution is 7.78. The lowest BCUT2D eigenvalue weighted by atomic mass is 10.1. The van der Waals surface area contributed by atoms with Gasteiger partial charge in [0.05, 0.1) is 22.5 Å². The number of aliphatic imine (C=N–C) groups is 1. The van der Waals surface area contributed by atoms with Gasteiger partial charge in [0.15, 0.2) is 0 Å². The van der Waals surface area contributed by atoms with E-state index in [1.54, 1.807) is 6.07 Å². The molecule has 0 radical (unpaired) electrons. The van der Waals surface area contributed by atoms with Gasteiger partial charge in [-0.3, -0.25) is 0 Å². The Morgan fingerprint density at radius 2 is 2.31 bits per heavy atom. The number of hydrogen-bond acceptors (Lipinski definition) is 3. The maximum absolute atomic E-state index is 12.4. The molecule has 0 heterocycles. The molecular weight excluding hydrogens is 187 g/mol. The first-order valence-electron chi connectivity index (χ1n) is 3.48. The van der Waals surface area contributed by atoms with Crippen LogP contribution in [-0.4, -0.2) is 5.16 Å². The van der Waals surface area contributed by atoms with Gasteiger partial charge in [0.25, 0.3) is 0 Å². The zero-order chi connectivity index (χ0) is 9.68. The van der Waals surface area contributed by atoms with Crippen LogP contribution >= 0.6 is 12.2 Å². The van der Waals surface area contributed by atoms with Crippen LogP contribution in [0.2, 0.25) is 0 Å².